The van der Waals surface area contributed by atoms with Gasteiger partial charge in [-0.3, -0.25) is 0 Å². The fourth-order valence-corrected chi connectivity index (χ4v) is 2.94. The average Bonchev–Trinajstić information content (AvgIpc) is 2.82. The average molecular weight is 452 g/mol. The first kappa shape index (κ1) is 23.9. The van der Waals surface area contributed by atoms with Crippen LogP contribution in [0.3, 0.4) is 0 Å². The Kier molecular flexibility index (Phi) is 8.54. The number of rotatable bonds is 8. The Morgan fingerprint density at radius 3 is 1.94 bits per heavy atom. The molecule has 3 aromatic carbocycles. The summed E-state index contributed by atoms with van der Waals surface area (Å²) >= 11 is 0. The van der Waals surface area contributed by atoms with Crippen LogP contribution in [0.2, 0.25) is 0 Å². The number of carbonyl (C=O) groups is 1. The molecule has 0 spiro atoms. The minimum Gasteiger partial charge on any atom is -0.494 e. The molecule has 0 amide bonds. The largest absolute Gasteiger partial charge is 0.494 e. The number of unbranched alkanes of at least 4 members (excludes halogenated alkanes) is 3. The Morgan fingerprint density at radius 1 is 0.788 bits per heavy atom. The van der Waals surface area contributed by atoms with Gasteiger partial charge in [0.2, 0.25) is 0 Å². The van der Waals surface area contributed by atoms with Crippen LogP contribution in [0.25, 0.3) is 0 Å². The van der Waals surface area contributed by atoms with E-state index in [-0.39, 0.29) is 5.56 Å². The number of esters is 1. The summed E-state index contributed by atoms with van der Waals surface area (Å²) in [5, 5.41) is 0. The molecule has 0 atom stereocenters. The van der Waals surface area contributed by atoms with Gasteiger partial charge in [-0.2, -0.15) is 0 Å². The van der Waals surface area contributed by atoms with E-state index >= 15 is 0 Å². The number of halogens is 3. The maximum atomic E-state index is 13.3. The van der Waals surface area contributed by atoms with E-state index in [9.17, 15) is 18.0 Å². The molecule has 0 aromatic heterocycles. The first-order valence-electron chi connectivity index (χ1n) is 10.7. The minimum atomic E-state index is -1.62. The van der Waals surface area contributed by atoms with Gasteiger partial charge in [-0.1, -0.05) is 38.0 Å². The normalized spacial score (nSPS) is 10.3. The van der Waals surface area contributed by atoms with Crippen LogP contribution >= 0.6 is 0 Å². The van der Waals surface area contributed by atoms with Crippen LogP contribution in [-0.4, -0.2) is 12.6 Å². The maximum absolute atomic E-state index is 13.3. The molecule has 0 aliphatic carbocycles. The molecular formula is C27H23F3O3. The molecule has 0 heterocycles. The Balaban J connectivity index is 1.56. The summed E-state index contributed by atoms with van der Waals surface area (Å²) in [6.07, 6.45) is 4.61. The highest BCUT2D eigenvalue weighted by Gasteiger charge is 2.14. The van der Waals surface area contributed by atoms with Crippen LogP contribution in [0.1, 0.15) is 54.1 Å². The third kappa shape index (κ3) is 7.15. The van der Waals surface area contributed by atoms with Crippen LogP contribution in [0.5, 0.6) is 11.5 Å². The van der Waals surface area contributed by atoms with Crippen molar-refractivity contribution >= 4 is 5.97 Å². The Bertz CT molecular complexity index is 1120. The van der Waals surface area contributed by atoms with Gasteiger partial charge in [0.15, 0.2) is 17.5 Å². The first-order valence-corrected chi connectivity index (χ1v) is 10.7. The van der Waals surface area contributed by atoms with Gasteiger partial charge in [0, 0.05) is 23.3 Å². The summed E-state index contributed by atoms with van der Waals surface area (Å²) in [4.78, 5) is 12.2. The van der Waals surface area contributed by atoms with Gasteiger partial charge < -0.3 is 9.47 Å². The monoisotopic (exact) mass is 452 g/mol. The van der Waals surface area contributed by atoms with Crippen molar-refractivity contribution < 1.29 is 27.4 Å². The van der Waals surface area contributed by atoms with Gasteiger partial charge in [-0.05, 0) is 55.0 Å². The number of carbonyl (C=O) groups excluding carboxylic acids is 1. The maximum Gasteiger partial charge on any atom is 0.343 e. The Hall–Kier alpha value is -3.72. The molecule has 0 fully saturated rings. The smallest absolute Gasteiger partial charge is 0.343 e. The van der Waals surface area contributed by atoms with E-state index < -0.39 is 29.2 Å². The number of hydrogen-bond acceptors (Lipinski definition) is 3. The van der Waals surface area contributed by atoms with Crippen molar-refractivity contribution in [1.29, 1.82) is 0 Å². The van der Waals surface area contributed by atoms with Crippen molar-refractivity contribution in [2.75, 3.05) is 6.61 Å². The van der Waals surface area contributed by atoms with Crippen molar-refractivity contribution in [2.24, 2.45) is 0 Å². The van der Waals surface area contributed by atoms with E-state index in [1.165, 1.54) is 31.4 Å². The quantitative estimate of drug-likeness (QED) is 0.126. The first-order chi connectivity index (χ1) is 16.0. The molecule has 3 aromatic rings. The standard InChI is InChI=1S/C27H23F3O3/c1-2-3-4-5-16-32-22-14-10-20(11-15-22)7-6-19-8-12-21(13-9-19)27(31)33-23-17-24(28)26(30)25(29)18-23/h8-15,17-18H,2-5,16H2,1H3. The second-order valence-corrected chi connectivity index (χ2v) is 7.35. The molecule has 0 N–H and O–H groups in total. The zero-order valence-corrected chi connectivity index (χ0v) is 18.2. The SMILES string of the molecule is CCCCCCOc1ccc(C#Cc2ccc(C(=O)Oc3cc(F)c(F)c(F)c3)cc2)cc1. The lowest BCUT2D eigenvalue weighted by Gasteiger charge is -2.06. The fourth-order valence-electron chi connectivity index (χ4n) is 2.94. The molecule has 6 heteroatoms. The van der Waals surface area contributed by atoms with E-state index in [1.54, 1.807) is 12.1 Å². The second kappa shape index (κ2) is 11.8. The van der Waals surface area contributed by atoms with Gasteiger partial charge in [-0.25, -0.2) is 18.0 Å². The van der Waals surface area contributed by atoms with Crippen LogP contribution in [-0.2, 0) is 0 Å². The summed E-state index contributed by atoms with van der Waals surface area (Å²) in [7, 11) is 0. The fraction of sp³-hybridized carbons (Fsp3) is 0.222. The third-order valence-corrected chi connectivity index (χ3v) is 4.76. The van der Waals surface area contributed by atoms with Gasteiger partial charge in [0.25, 0.3) is 0 Å². The molecule has 3 rings (SSSR count). The van der Waals surface area contributed by atoms with Crippen LogP contribution < -0.4 is 9.47 Å². The summed E-state index contributed by atoms with van der Waals surface area (Å²) in [6, 6.07) is 15.0. The van der Waals surface area contributed by atoms with Gasteiger partial charge >= 0.3 is 5.97 Å². The predicted octanol–water partition coefficient (Wildman–Crippen LogP) is 6.68. The van der Waals surface area contributed by atoms with E-state index in [1.807, 2.05) is 24.3 Å². The molecule has 170 valence electrons. The molecule has 0 saturated carbocycles. The summed E-state index contributed by atoms with van der Waals surface area (Å²) in [5.74, 6) is 1.10. The van der Waals surface area contributed by atoms with Gasteiger partial charge in [0.1, 0.15) is 11.5 Å². The predicted molar refractivity (Wildman–Crippen MR) is 120 cm³/mol. The molecule has 0 saturated heterocycles. The van der Waals surface area contributed by atoms with Crippen LogP contribution in [0.15, 0.2) is 60.7 Å². The van der Waals surface area contributed by atoms with E-state index in [0.717, 1.165) is 17.7 Å². The van der Waals surface area contributed by atoms with Gasteiger partial charge in [-0.15, -0.1) is 0 Å². The summed E-state index contributed by atoms with van der Waals surface area (Å²) in [5.41, 5.74) is 1.64. The second-order valence-electron chi connectivity index (χ2n) is 7.35. The molecule has 33 heavy (non-hydrogen) atoms. The number of ether oxygens (including phenoxy) is 2. The minimum absolute atomic E-state index is 0.158. The topological polar surface area (TPSA) is 35.5 Å². The third-order valence-electron chi connectivity index (χ3n) is 4.76. The Labute approximate surface area is 191 Å². The van der Waals surface area contributed by atoms with E-state index in [4.69, 9.17) is 9.47 Å². The summed E-state index contributed by atoms with van der Waals surface area (Å²) < 4.78 is 50.2. The lowest BCUT2D eigenvalue weighted by molar-refractivity contribution is 0.0733. The van der Waals surface area contributed by atoms with Crippen molar-refractivity contribution in [3.05, 3.63) is 94.8 Å². The molecule has 3 nitrogen and oxygen atoms in total. The molecular weight excluding hydrogens is 429 g/mol. The van der Waals surface area contributed by atoms with Crippen LogP contribution in [0, 0.1) is 29.3 Å². The zero-order valence-electron chi connectivity index (χ0n) is 18.2. The number of hydrogen-bond donors (Lipinski definition) is 0. The summed E-state index contributed by atoms with van der Waals surface area (Å²) in [6.45, 7) is 2.87. The van der Waals surface area contributed by atoms with Crippen molar-refractivity contribution in [1.82, 2.24) is 0 Å². The number of benzene rings is 3. The molecule has 0 bridgehead atoms. The molecule has 0 aliphatic rings. The molecule has 0 radical (unpaired) electrons. The van der Waals surface area contributed by atoms with E-state index in [2.05, 4.69) is 18.8 Å². The molecule has 0 aliphatic heterocycles. The van der Waals surface area contributed by atoms with Gasteiger partial charge in [0.05, 0.1) is 12.2 Å². The zero-order chi connectivity index (χ0) is 23.6. The highest BCUT2D eigenvalue weighted by molar-refractivity contribution is 5.91. The van der Waals surface area contributed by atoms with Crippen molar-refractivity contribution in [3.8, 4) is 23.3 Å². The lowest BCUT2D eigenvalue weighted by Crippen LogP contribution is -2.09. The Morgan fingerprint density at radius 2 is 1.36 bits per heavy atom. The highest BCUT2D eigenvalue weighted by atomic mass is 19.2. The molecule has 0 unspecified atom stereocenters. The van der Waals surface area contributed by atoms with Crippen LogP contribution in [0.4, 0.5) is 13.2 Å². The van der Waals surface area contributed by atoms with E-state index in [0.29, 0.717) is 24.3 Å². The highest BCUT2D eigenvalue weighted by Crippen LogP contribution is 2.20. The van der Waals surface area contributed by atoms with Crippen molar-refractivity contribution in [2.45, 2.75) is 32.6 Å². The van der Waals surface area contributed by atoms with Crippen molar-refractivity contribution in [3.63, 3.8) is 0 Å². The lowest BCUT2D eigenvalue weighted by atomic mass is 10.1.